The molecule has 190 valence electrons. The summed E-state index contributed by atoms with van der Waals surface area (Å²) in [5, 5.41) is 1.46. The number of ether oxygens (including phenoxy) is 1. The summed E-state index contributed by atoms with van der Waals surface area (Å²) in [6.45, 7) is 0. The van der Waals surface area contributed by atoms with Gasteiger partial charge in [0.05, 0.1) is 28.3 Å². The van der Waals surface area contributed by atoms with Gasteiger partial charge in [0.15, 0.2) is 5.65 Å². The molecule has 1 fully saturated rings. The Hall–Kier alpha value is -3.43. The average molecular weight is 534 g/mol. The number of rotatable bonds is 7. The van der Waals surface area contributed by atoms with Crippen LogP contribution in [0.2, 0.25) is 0 Å². The summed E-state index contributed by atoms with van der Waals surface area (Å²) in [4.78, 5) is 21.3. The van der Waals surface area contributed by atoms with Crippen LogP contribution in [0.3, 0.4) is 0 Å². The Morgan fingerprint density at radius 1 is 1.03 bits per heavy atom. The predicted octanol–water partition coefficient (Wildman–Crippen LogP) is 5.91. The van der Waals surface area contributed by atoms with E-state index in [1.165, 1.54) is 17.3 Å². The van der Waals surface area contributed by atoms with Crippen molar-refractivity contribution in [1.29, 1.82) is 0 Å². The van der Waals surface area contributed by atoms with Gasteiger partial charge in [0.25, 0.3) is 10.0 Å². The van der Waals surface area contributed by atoms with Crippen LogP contribution in [-0.2, 0) is 14.8 Å². The summed E-state index contributed by atoms with van der Waals surface area (Å²) in [5.41, 5.74) is 3.02. The van der Waals surface area contributed by atoms with Gasteiger partial charge in [-0.15, -0.1) is 11.8 Å². The Morgan fingerprint density at radius 3 is 2.41 bits per heavy atom. The Bertz CT molecular complexity index is 1570. The van der Waals surface area contributed by atoms with Crippen molar-refractivity contribution in [3.8, 4) is 0 Å². The number of pyridine rings is 2. The third kappa shape index (κ3) is 4.93. The lowest BCUT2D eigenvalue weighted by Crippen LogP contribution is -2.15. The molecule has 7 nitrogen and oxygen atoms in total. The van der Waals surface area contributed by atoms with Crippen LogP contribution in [0.5, 0.6) is 0 Å². The normalized spacial score (nSPS) is 14.8. The van der Waals surface area contributed by atoms with E-state index in [2.05, 4.69) is 16.0 Å². The lowest BCUT2D eigenvalue weighted by atomic mass is 9.91. The monoisotopic (exact) mass is 533 g/mol. The number of allylic oxidation sites excluding steroid dienone is 1. The molecule has 0 N–H and O–H groups in total. The van der Waals surface area contributed by atoms with E-state index in [-0.39, 0.29) is 16.1 Å². The summed E-state index contributed by atoms with van der Waals surface area (Å²) in [6, 6.07) is 15.7. The highest BCUT2D eigenvalue weighted by molar-refractivity contribution is 7.98. The lowest BCUT2D eigenvalue weighted by molar-refractivity contribution is 0.0600. The van der Waals surface area contributed by atoms with Crippen molar-refractivity contribution in [3.63, 3.8) is 0 Å². The van der Waals surface area contributed by atoms with E-state index in [0.29, 0.717) is 17.0 Å². The van der Waals surface area contributed by atoms with Gasteiger partial charge in [-0.1, -0.05) is 37.1 Å². The maximum Gasteiger partial charge on any atom is 0.339 e. The second kappa shape index (κ2) is 10.5. The SMILES string of the molecule is COC(=O)c1cnc2c(c1)cc(C=C(c1ccc(SC)nc1)C1CCCC1)n2S(=O)(=O)c1ccccc1. The molecule has 1 saturated carbocycles. The molecule has 0 unspecified atom stereocenters. The Kier molecular flexibility index (Phi) is 7.17. The van der Waals surface area contributed by atoms with Gasteiger partial charge < -0.3 is 4.74 Å². The lowest BCUT2D eigenvalue weighted by Gasteiger charge is -2.16. The van der Waals surface area contributed by atoms with E-state index in [4.69, 9.17) is 4.74 Å². The summed E-state index contributed by atoms with van der Waals surface area (Å²) in [6.07, 6.45) is 11.5. The van der Waals surface area contributed by atoms with Crippen molar-refractivity contribution in [2.75, 3.05) is 13.4 Å². The van der Waals surface area contributed by atoms with Crippen LogP contribution >= 0.6 is 11.8 Å². The first-order valence-corrected chi connectivity index (χ1v) is 14.7. The molecular formula is C28H27N3O4S2. The number of fused-ring (bicyclic) bond motifs is 1. The average Bonchev–Trinajstić information content (AvgIpc) is 3.59. The summed E-state index contributed by atoms with van der Waals surface area (Å²) < 4.78 is 33.9. The van der Waals surface area contributed by atoms with Crippen molar-refractivity contribution < 1.29 is 17.9 Å². The van der Waals surface area contributed by atoms with Crippen LogP contribution in [0.1, 0.15) is 47.3 Å². The quantitative estimate of drug-likeness (QED) is 0.215. The van der Waals surface area contributed by atoms with E-state index >= 15 is 0 Å². The van der Waals surface area contributed by atoms with Crippen molar-refractivity contribution in [2.45, 2.75) is 35.6 Å². The van der Waals surface area contributed by atoms with Gasteiger partial charge >= 0.3 is 5.97 Å². The van der Waals surface area contributed by atoms with Gasteiger partial charge in [-0.2, -0.15) is 0 Å². The van der Waals surface area contributed by atoms with Gasteiger partial charge in [-0.05, 0) is 72.6 Å². The van der Waals surface area contributed by atoms with Gasteiger partial charge in [-0.25, -0.2) is 27.2 Å². The van der Waals surface area contributed by atoms with E-state index < -0.39 is 16.0 Å². The molecule has 0 aliphatic heterocycles. The number of carbonyl (C=O) groups is 1. The standard InChI is InChI=1S/C28H27N3O4S2/c1-35-28(32)22-14-21-15-23(31(27(21)30-18-22)37(33,34)24-10-4-3-5-11-24)16-25(19-8-6-7-9-19)20-12-13-26(36-2)29-17-20/h3-5,10-19H,6-9H2,1-2H3. The molecule has 3 aromatic heterocycles. The fraction of sp³-hybridized carbons (Fsp3) is 0.250. The van der Waals surface area contributed by atoms with Crippen LogP contribution in [-0.4, -0.2) is 41.7 Å². The number of aromatic nitrogens is 3. The maximum absolute atomic E-state index is 13.9. The van der Waals surface area contributed by atoms with E-state index in [0.717, 1.165) is 41.8 Å². The minimum atomic E-state index is -3.98. The molecule has 9 heteroatoms. The third-order valence-electron chi connectivity index (χ3n) is 6.71. The molecule has 37 heavy (non-hydrogen) atoms. The smallest absolute Gasteiger partial charge is 0.339 e. The molecular weight excluding hydrogens is 506 g/mol. The topological polar surface area (TPSA) is 91.2 Å². The number of benzene rings is 1. The van der Waals surface area contributed by atoms with Crippen LogP contribution < -0.4 is 0 Å². The largest absolute Gasteiger partial charge is 0.465 e. The van der Waals surface area contributed by atoms with Gasteiger partial charge in [0, 0.05) is 17.8 Å². The molecule has 0 radical (unpaired) electrons. The highest BCUT2D eigenvalue weighted by Gasteiger charge is 2.26. The Balaban J connectivity index is 1.76. The highest BCUT2D eigenvalue weighted by Crippen LogP contribution is 2.39. The number of esters is 1. The summed E-state index contributed by atoms with van der Waals surface area (Å²) in [7, 11) is -2.68. The fourth-order valence-corrected chi connectivity index (χ4v) is 6.71. The van der Waals surface area contributed by atoms with Crippen molar-refractivity contribution >= 4 is 50.4 Å². The van der Waals surface area contributed by atoms with Gasteiger partial charge in [0.2, 0.25) is 0 Å². The minimum absolute atomic E-state index is 0.161. The number of carbonyl (C=O) groups excluding carboxylic acids is 1. The molecule has 5 rings (SSSR count). The molecule has 1 aliphatic carbocycles. The Morgan fingerprint density at radius 2 is 1.76 bits per heavy atom. The molecule has 4 aromatic rings. The van der Waals surface area contributed by atoms with Crippen LogP contribution in [0, 0.1) is 5.92 Å². The van der Waals surface area contributed by atoms with E-state index in [9.17, 15) is 13.2 Å². The molecule has 3 heterocycles. The van der Waals surface area contributed by atoms with Gasteiger partial charge in [-0.3, -0.25) is 0 Å². The second-order valence-corrected chi connectivity index (χ2v) is 11.6. The van der Waals surface area contributed by atoms with Crippen molar-refractivity contribution in [1.82, 2.24) is 13.9 Å². The molecule has 1 aromatic carbocycles. The van der Waals surface area contributed by atoms with Crippen molar-refractivity contribution in [2.24, 2.45) is 5.92 Å². The van der Waals surface area contributed by atoms with Crippen LogP contribution in [0.4, 0.5) is 0 Å². The number of hydrogen-bond donors (Lipinski definition) is 0. The first-order chi connectivity index (χ1) is 17.9. The fourth-order valence-electron chi connectivity index (χ4n) is 4.88. The summed E-state index contributed by atoms with van der Waals surface area (Å²) in [5.74, 6) is -0.233. The minimum Gasteiger partial charge on any atom is -0.465 e. The molecule has 0 saturated heterocycles. The first kappa shape index (κ1) is 25.2. The molecule has 0 spiro atoms. The molecule has 0 atom stereocenters. The van der Waals surface area contributed by atoms with Gasteiger partial charge in [0.1, 0.15) is 0 Å². The third-order valence-corrected chi connectivity index (χ3v) is 9.10. The van der Waals surface area contributed by atoms with E-state index in [1.807, 2.05) is 24.6 Å². The number of thioether (sulfide) groups is 1. The zero-order chi connectivity index (χ0) is 26.0. The van der Waals surface area contributed by atoms with Crippen LogP contribution in [0.15, 0.2) is 76.9 Å². The van der Waals surface area contributed by atoms with E-state index in [1.54, 1.807) is 54.2 Å². The molecule has 0 bridgehead atoms. The molecule has 0 amide bonds. The second-order valence-electron chi connectivity index (χ2n) is 8.95. The zero-order valence-electron chi connectivity index (χ0n) is 20.6. The summed E-state index contributed by atoms with van der Waals surface area (Å²) >= 11 is 1.58. The first-order valence-electron chi connectivity index (χ1n) is 12.0. The van der Waals surface area contributed by atoms with Crippen LogP contribution in [0.25, 0.3) is 22.7 Å². The maximum atomic E-state index is 13.9. The number of nitrogens with zero attached hydrogens (tertiary/aromatic N) is 3. The predicted molar refractivity (Wildman–Crippen MR) is 146 cm³/mol. The van der Waals surface area contributed by atoms with Crippen molar-refractivity contribution in [3.05, 3.63) is 83.8 Å². The highest BCUT2D eigenvalue weighted by atomic mass is 32.2. The number of methoxy groups -OCH3 is 1. The number of hydrogen-bond acceptors (Lipinski definition) is 7. The molecule has 1 aliphatic rings. The Labute approximate surface area is 220 Å². The zero-order valence-corrected chi connectivity index (χ0v) is 22.3.